The summed E-state index contributed by atoms with van der Waals surface area (Å²) in [7, 11) is 4.35. The monoisotopic (exact) mass is 330 g/mol. The fourth-order valence-corrected chi connectivity index (χ4v) is 3.58. The molecule has 0 bridgehead atoms. The standard InChI is InChI=1S/C15H18N2O.C2H2O4/c1-16-6-7-18-15-11-4-3-5-12-14(11)10(8-13(15)16)9-17(12)2;3-1(4)2(5)6/h3-5,9,13,15H,6-8H2,1-2H3;(H,3,4)(H,5,6)/p-2/t13-,15-;/m1./s1. The first kappa shape index (κ1) is 16.5. The fourth-order valence-electron chi connectivity index (χ4n) is 3.58. The Morgan fingerprint density at radius 1 is 1.21 bits per heavy atom. The predicted octanol–water partition coefficient (Wildman–Crippen LogP) is -1.41. The van der Waals surface area contributed by atoms with Crippen molar-refractivity contribution < 1.29 is 24.5 Å². The molecule has 0 spiro atoms. The number of carbonyl (C=O) groups is 2. The molecule has 0 unspecified atom stereocenters. The van der Waals surface area contributed by atoms with E-state index in [1.807, 2.05) is 0 Å². The van der Waals surface area contributed by atoms with E-state index in [2.05, 4.69) is 48.0 Å². The Labute approximate surface area is 139 Å². The number of rotatable bonds is 0. The van der Waals surface area contributed by atoms with E-state index in [1.165, 1.54) is 22.0 Å². The molecule has 2 atom stereocenters. The highest BCUT2D eigenvalue weighted by molar-refractivity contribution is 6.25. The van der Waals surface area contributed by atoms with Gasteiger partial charge in [-0.15, -0.1) is 0 Å². The molecule has 1 fully saturated rings. The zero-order valence-corrected chi connectivity index (χ0v) is 13.5. The van der Waals surface area contributed by atoms with Crippen LogP contribution in [0.4, 0.5) is 0 Å². The molecule has 0 saturated carbocycles. The average Bonchev–Trinajstić information content (AvgIpc) is 2.87. The van der Waals surface area contributed by atoms with Crippen molar-refractivity contribution in [1.82, 2.24) is 9.47 Å². The van der Waals surface area contributed by atoms with Gasteiger partial charge in [0.05, 0.1) is 24.6 Å². The molecule has 0 N–H and O–H groups in total. The van der Waals surface area contributed by atoms with Gasteiger partial charge in [0.25, 0.3) is 0 Å². The summed E-state index contributed by atoms with van der Waals surface area (Å²) in [5.74, 6) is -4.37. The van der Waals surface area contributed by atoms with E-state index >= 15 is 0 Å². The van der Waals surface area contributed by atoms with Crippen molar-refractivity contribution in [1.29, 1.82) is 0 Å². The fraction of sp³-hybridized carbons (Fsp3) is 0.412. The van der Waals surface area contributed by atoms with Crippen molar-refractivity contribution in [3.05, 3.63) is 35.5 Å². The summed E-state index contributed by atoms with van der Waals surface area (Å²) >= 11 is 0. The number of aromatic nitrogens is 1. The number of carboxylic acids is 2. The summed E-state index contributed by atoms with van der Waals surface area (Å²) < 4.78 is 8.30. The highest BCUT2D eigenvalue weighted by atomic mass is 16.5. The summed E-state index contributed by atoms with van der Waals surface area (Å²) in [6.45, 7) is 1.88. The molecule has 1 aromatic carbocycles. The number of fused-ring (bicyclic) bond motifs is 2. The van der Waals surface area contributed by atoms with Crippen LogP contribution in [0.25, 0.3) is 10.9 Å². The Hall–Kier alpha value is -2.38. The molecule has 1 aliphatic heterocycles. The van der Waals surface area contributed by atoms with Crippen molar-refractivity contribution in [2.75, 3.05) is 20.2 Å². The molecule has 1 aliphatic carbocycles. The van der Waals surface area contributed by atoms with Crippen LogP contribution in [0.5, 0.6) is 0 Å². The van der Waals surface area contributed by atoms with Crippen LogP contribution in [0, 0.1) is 0 Å². The molecule has 0 amide bonds. The third kappa shape index (κ3) is 2.76. The molecule has 128 valence electrons. The van der Waals surface area contributed by atoms with Gasteiger partial charge in [0.2, 0.25) is 0 Å². The van der Waals surface area contributed by atoms with Gasteiger partial charge in [-0.05, 0) is 30.7 Å². The highest BCUT2D eigenvalue weighted by Crippen LogP contribution is 2.41. The minimum Gasteiger partial charge on any atom is -0.543 e. The number of nitrogens with zero attached hydrogens (tertiary/aromatic N) is 2. The number of aryl methyl sites for hydroxylation is 1. The van der Waals surface area contributed by atoms with E-state index in [9.17, 15) is 0 Å². The van der Waals surface area contributed by atoms with Crippen molar-refractivity contribution in [2.45, 2.75) is 18.6 Å². The molecule has 1 aromatic heterocycles. The van der Waals surface area contributed by atoms with E-state index < -0.39 is 11.9 Å². The normalized spacial score (nSPS) is 22.4. The largest absolute Gasteiger partial charge is 0.543 e. The number of hydrogen-bond acceptors (Lipinski definition) is 6. The number of benzene rings is 1. The summed E-state index contributed by atoms with van der Waals surface area (Å²) in [5, 5.41) is 19.3. The lowest BCUT2D eigenvalue weighted by molar-refractivity contribution is -0.345. The molecule has 2 heterocycles. The Bertz CT molecular complexity index is 786. The minimum absolute atomic E-state index is 0.252. The second-order valence-corrected chi connectivity index (χ2v) is 6.12. The van der Waals surface area contributed by atoms with E-state index in [0.29, 0.717) is 6.04 Å². The molecular formula is C17H18N2O5-2. The zero-order chi connectivity index (χ0) is 17.4. The van der Waals surface area contributed by atoms with Crippen LogP contribution in [-0.4, -0.2) is 47.6 Å². The maximum Gasteiger partial charge on any atom is 0.0990 e. The Balaban J connectivity index is 0.000000246. The lowest BCUT2D eigenvalue weighted by Crippen LogP contribution is -2.47. The molecule has 2 aliphatic rings. The van der Waals surface area contributed by atoms with Crippen molar-refractivity contribution in [3.63, 3.8) is 0 Å². The molecule has 4 rings (SSSR count). The summed E-state index contributed by atoms with van der Waals surface area (Å²) in [4.78, 5) is 20.3. The van der Waals surface area contributed by atoms with Crippen LogP contribution in [0.3, 0.4) is 0 Å². The first-order valence-corrected chi connectivity index (χ1v) is 7.71. The number of aliphatic carboxylic acids is 2. The van der Waals surface area contributed by atoms with Crippen LogP contribution in [0.2, 0.25) is 0 Å². The lowest BCUT2D eigenvalue weighted by Gasteiger charge is -2.41. The number of carbonyl (C=O) groups excluding carboxylic acids is 2. The van der Waals surface area contributed by atoms with E-state index in [-0.39, 0.29) is 6.10 Å². The Morgan fingerprint density at radius 2 is 1.92 bits per heavy atom. The van der Waals surface area contributed by atoms with Gasteiger partial charge in [0, 0.05) is 36.7 Å². The summed E-state index contributed by atoms with van der Waals surface area (Å²) in [6, 6.07) is 7.10. The minimum atomic E-state index is -2.19. The number of morpholine rings is 1. The van der Waals surface area contributed by atoms with Crippen molar-refractivity contribution in [2.24, 2.45) is 7.05 Å². The lowest BCUT2D eigenvalue weighted by atomic mass is 9.85. The van der Waals surface area contributed by atoms with Crippen LogP contribution >= 0.6 is 0 Å². The van der Waals surface area contributed by atoms with E-state index in [0.717, 1.165) is 19.6 Å². The number of likely N-dealkylation sites (N-methyl/N-ethyl adjacent to an activating group) is 1. The maximum atomic E-state index is 8.93. The molecule has 2 aromatic rings. The van der Waals surface area contributed by atoms with Gasteiger partial charge in [-0.25, -0.2) is 0 Å². The SMILES string of the molecule is CN1CCO[C@@H]2c3cccc4c3c(cn4C)C[C@H]21.O=C([O-])C(=O)[O-]. The first-order chi connectivity index (χ1) is 11.4. The van der Waals surface area contributed by atoms with Crippen molar-refractivity contribution >= 4 is 22.8 Å². The topological polar surface area (TPSA) is 97.7 Å². The highest BCUT2D eigenvalue weighted by Gasteiger charge is 2.37. The Kier molecular flexibility index (Phi) is 4.29. The third-order valence-corrected chi connectivity index (χ3v) is 4.68. The van der Waals surface area contributed by atoms with Gasteiger partial charge < -0.3 is 29.1 Å². The van der Waals surface area contributed by atoms with Crippen LogP contribution in [0.1, 0.15) is 17.2 Å². The van der Waals surface area contributed by atoms with Gasteiger partial charge in [-0.1, -0.05) is 12.1 Å². The van der Waals surface area contributed by atoms with Gasteiger partial charge in [-0.3, -0.25) is 4.90 Å². The molecule has 7 nitrogen and oxygen atoms in total. The van der Waals surface area contributed by atoms with Gasteiger partial charge in [0.1, 0.15) is 0 Å². The zero-order valence-electron chi connectivity index (χ0n) is 13.5. The number of ether oxygens (including phenoxy) is 1. The van der Waals surface area contributed by atoms with Crippen LogP contribution < -0.4 is 10.2 Å². The van der Waals surface area contributed by atoms with Crippen LogP contribution in [0.15, 0.2) is 24.4 Å². The van der Waals surface area contributed by atoms with Gasteiger partial charge in [-0.2, -0.15) is 0 Å². The smallest absolute Gasteiger partial charge is 0.0990 e. The van der Waals surface area contributed by atoms with E-state index in [4.69, 9.17) is 24.5 Å². The number of carboxylic acid groups (broad SMARTS) is 2. The molecule has 0 radical (unpaired) electrons. The predicted molar refractivity (Wildman–Crippen MR) is 81.7 cm³/mol. The van der Waals surface area contributed by atoms with Gasteiger partial charge in [0.15, 0.2) is 0 Å². The third-order valence-electron chi connectivity index (χ3n) is 4.68. The molecule has 24 heavy (non-hydrogen) atoms. The second-order valence-electron chi connectivity index (χ2n) is 6.12. The van der Waals surface area contributed by atoms with Crippen LogP contribution in [-0.2, 0) is 27.8 Å². The van der Waals surface area contributed by atoms with Gasteiger partial charge >= 0.3 is 0 Å². The summed E-state index contributed by atoms with van der Waals surface area (Å²) in [5.41, 5.74) is 4.19. The quantitative estimate of drug-likeness (QED) is 0.551. The van der Waals surface area contributed by atoms with Crippen molar-refractivity contribution in [3.8, 4) is 0 Å². The first-order valence-electron chi connectivity index (χ1n) is 7.71. The second kappa shape index (κ2) is 6.26. The average molecular weight is 330 g/mol. The molecule has 7 heteroatoms. The summed E-state index contributed by atoms with van der Waals surface area (Å²) in [6.07, 6.45) is 3.64. The Morgan fingerprint density at radius 3 is 2.58 bits per heavy atom. The molecule has 1 saturated heterocycles. The molecular weight excluding hydrogens is 312 g/mol. The number of hydrogen-bond donors (Lipinski definition) is 0. The maximum absolute atomic E-state index is 8.93. The van der Waals surface area contributed by atoms with E-state index in [1.54, 1.807) is 0 Å².